The van der Waals surface area contributed by atoms with E-state index >= 15 is 0 Å². The number of hydrogen-bond donors (Lipinski definition) is 1. The number of nitrogens with zero attached hydrogens (tertiary/aromatic N) is 2. The Balaban J connectivity index is 2.08. The van der Waals surface area contributed by atoms with Crippen molar-refractivity contribution >= 4 is 34.4 Å². The molecule has 136 valence electrons. The SMILES string of the molecule is CC(C)c1ccccc1NC(=S)N(CCCN(C)C)Cc1cccs1. The van der Waals surface area contributed by atoms with Gasteiger partial charge in [-0.05, 0) is 68.3 Å². The average molecular weight is 376 g/mol. The average Bonchev–Trinajstić information content (AvgIpc) is 3.07. The molecule has 5 heteroatoms. The van der Waals surface area contributed by atoms with E-state index in [1.54, 1.807) is 11.3 Å². The molecule has 0 aliphatic heterocycles. The molecule has 0 aliphatic rings. The second kappa shape index (κ2) is 9.90. The number of nitrogens with one attached hydrogen (secondary N) is 1. The highest BCUT2D eigenvalue weighted by Crippen LogP contribution is 2.24. The highest BCUT2D eigenvalue weighted by atomic mass is 32.1. The van der Waals surface area contributed by atoms with E-state index in [2.05, 4.69) is 84.8 Å². The first-order chi connectivity index (χ1) is 12.0. The molecule has 0 amide bonds. The normalized spacial score (nSPS) is 11.1. The maximum Gasteiger partial charge on any atom is 0.173 e. The molecule has 0 bridgehead atoms. The summed E-state index contributed by atoms with van der Waals surface area (Å²) in [4.78, 5) is 5.83. The molecule has 0 fully saturated rings. The Hall–Kier alpha value is -1.43. The zero-order valence-electron chi connectivity index (χ0n) is 15.7. The lowest BCUT2D eigenvalue weighted by Gasteiger charge is -2.27. The molecule has 0 atom stereocenters. The van der Waals surface area contributed by atoms with Crippen LogP contribution in [0.2, 0.25) is 0 Å². The third-order valence-electron chi connectivity index (χ3n) is 4.07. The summed E-state index contributed by atoms with van der Waals surface area (Å²) in [6.07, 6.45) is 1.09. The first kappa shape index (κ1) is 19.9. The molecule has 0 radical (unpaired) electrons. The van der Waals surface area contributed by atoms with Crippen LogP contribution in [0.25, 0.3) is 0 Å². The van der Waals surface area contributed by atoms with Crippen molar-refractivity contribution in [1.29, 1.82) is 0 Å². The largest absolute Gasteiger partial charge is 0.344 e. The van der Waals surface area contributed by atoms with Crippen molar-refractivity contribution in [3.63, 3.8) is 0 Å². The van der Waals surface area contributed by atoms with E-state index in [-0.39, 0.29) is 0 Å². The number of thiophene rings is 1. The van der Waals surface area contributed by atoms with E-state index in [4.69, 9.17) is 12.2 Å². The summed E-state index contributed by atoms with van der Waals surface area (Å²) in [6, 6.07) is 12.7. The smallest absolute Gasteiger partial charge is 0.173 e. The lowest BCUT2D eigenvalue weighted by atomic mass is 10.0. The quantitative estimate of drug-likeness (QED) is 0.653. The van der Waals surface area contributed by atoms with Crippen molar-refractivity contribution in [2.75, 3.05) is 32.5 Å². The van der Waals surface area contributed by atoms with Crippen LogP contribution in [-0.2, 0) is 6.54 Å². The van der Waals surface area contributed by atoms with Crippen molar-refractivity contribution < 1.29 is 0 Å². The van der Waals surface area contributed by atoms with Gasteiger partial charge in [0.05, 0.1) is 6.54 Å². The summed E-state index contributed by atoms with van der Waals surface area (Å²) in [5, 5.41) is 6.42. The summed E-state index contributed by atoms with van der Waals surface area (Å²) in [6.45, 7) is 7.30. The predicted octanol–water partition coefficient (Wildman–Crippen LogP) is 5.02. The van der Waals surface area contributed by atoms with Gasteiger partial charge in [0.2, 0.25) is 0 Å². The molecule has 1 heterocycles. The fourth-order valence-corrected chi connectivity index (χ4v) is 3.71. The highest BCUT2D eigenvalue weighted by molar-refractivity contribution is 7.80. The highest BCUT2D eigenvalue weighted by Gasteiger charge is 2.14. The summed E-state index contributed by atoms with van der Waals surface area (Å²) in [5.41, 5.74) is 2.42. The number of anilines is 1. The maximum atomic E-state index is 5.76. The molecule has 0 unspecified atom stereocenters. The summed E-state index contributed by atoms with van der Waals surface area (Å²) in [7, 11) is 4.22. The lowest BCUT2D eigenvalue weighted by molar-refractivity contribution is 0.347. The van der Waals surface area contributed by atoms with Gasteiger partial charge in [0, 0.05) is 17.1 Å². The van der Waals surface area contributed by atoms with Gasteiger partial charge in [-0.1, -0.05) is 38.1 Å². The minimum Gasteiger partial charge on any atom is -0.344 e. The van der Waals surface area contributed by atoms with Crippen LogP contribution < -0.4 is 5.32 Å². The molecule has 1 aromatic carbocycles. The molecule has 3 nitrogen and oxygen atoms in total. The van der Waals surface area contributed by atoms with Gasteiger partial charge < -0.3 is 15.1 Å². The van der Waals surface area contributed by atoms with Crippen LogP contribution in [0.5, 0.6) is 0 Å². The third kappa shape index (κ3) is 6.42. The molecule has 0 saturated carbocycles. The van der Waals surface area contributed by atoms with Crippen LogP contribution in [0, 0.1) is 0 Å². The minimum atomic E-state index is 0.464. The predicted molar refractivity (Wildman–Crippen MR) is 115 cm³/mol. The second-order valence-corrected chi connectivity index (χ2v) is 8.25. The van der Waals surface area contributed by atoms with Crippen LogP contribution in [0.1, 0.15) is 36.6 Å². The van der Waals surface area contributed by atoms with Gasteiger partial charge in [-0.25, -0.2) is 0 Å². The fourth-order valence-electron chi connectivity index (χ4n) is 2.73. The van der Waals surface area contributed by atoms with Gasteiger partial charge in [0.25, 0.3) is 0 Å². The zero-order chi connectivity index (χ0) is 18.2. The van der Waals surface area contributed by atoms with Crippen LogP contribution in [0.15, 0.2) is 41.8 Å². The van der Waals surface area contributed by atoms with Crippen LogP contribution in [0.4, 0.5) is 5.69 Å². The Morgan fingerprint density at radius 2 is 1.88 bits per heavy atom. The van der Waals surface area contributed by atoms with E-state index in [9.17, 15) is 0 Å². The monoisotopic (exact) mass is 375 g/mol. The van der Waals surface area contributed by atoms with Crippen LogP contribution >= 0.6 is 23.6 Å². The molecular formula is C20H29N3S2. The molecular weight excluding hydrogens is 346 g/mol. The topological polar surface area (TPSA) is 18.5 Å². The Labute approximate surface area is 161 Å². The van der Waals surface area contributed by atoms with Crippen molar-refractivity contribution in [2.45, 2.75) is 32.7 Å². The van der Waals surface area contributed by atoms with Crippen molar-refractivity contribution in [3.8, 4) is 0 Å². The van der Waals surface area contributed by atoms with Gasteiger partial charge >= 0.3 is 0 Å². The van der Waals surface area contributed by atoms with Crippen LogP contribution in [-0.4, -0.2) is 42.1 Å². The van der Waals surface area contributed by atoms with E-state index < -0.39 is 0 Å². The van der Waals surface area contributed by atoms with Crippen molar-refractivity contribution in [1.82, 2.24) is 9.80 Å². The Bertz CT molecular complexity index is 651. The van der Waals surface area contributed by atoms with Gasteiger partial charge in [-0.3, -0.25) is 0 Å². The Kier molecular flexibility index (Phi) is 7.88. The first-order valence-electron chi connectivity index (χ1n) is 8.79. The van der Waals surface area contributed by atoms with Gasteiger partial charge in [0.1, 0.15) is 0 Å². The number of hydrogen-bond acceptors (Lipinski definition) is 3. The van der Waals surface area contributed by atoms with Crippen molar-refractivity contribution in [2.24, 2.45) is 0 Å². The van der Waals surface area contributed by atoms with E-state index in [1.807, 2.05) is 0 Å². The molecule has 25 heavy (non-hydrogen) atoms. The number of benzene rings is 1. The van der Waals surface area contributed by atoms with Gasteiger partial charge in [-0.2, -0.15) is 0 Å². The number of rotatable bonds is 8. The third-order valence-corrected chi connectivity index (χ3v) is 5.29. The molecule has 2 rings (SSSR count). The second-order valence-electron chi connectivity index (χ2n) is 6.83. The summed E-state index contributed by atoms with van der Waals surface area (Å²) >= 11 is 7.54. The standard InChI is InChI=1S/C20H29N3S2/c1-16(2)18-10-5-6-11-19(18)21-20(24)23(13-8-12-22(3)4)15-17-9-7-14-25-17/h5-7,9-11,14,16H,8,12-13,15H2,1-4H3,(H,21,24). The number of para-hydroxylation sites is 1. The van der Waals surface area contributed by atoms with Crippen molar-refractivity contribution in [3.05, 3.63) is 52.2 Å². The summed E-state index contributed by atoms with van der Waals surface area (Å²) < 4.78 is 0. The Morgan fingerprint density at radius 3 is 2.52 bits per heavy atom. The van der Waals surface area contributed by atoms with E-state index in [0.717, 1.165) is 36.9 Å². The summed E-state index contributed by atoms with van der Waals surface area (Å²) in [5.74, 6) is 0.464. The molecule has 0 saturated heterocycles. The van der Waals surface area contributed by atoms with Crippen LogP contribution in [0.3, 0.4) is 0 Å². The first-order valence-corrected chi connectivity index (χ1v) is 10.1. The molecule has 0 aliphatic carbocycles. The molecule has 0 spiro atoms. The molecule has 1 aromatic heterocycles. The Morgan fingerprint density at radius 1 is 1.12 bits per heavy atom. The molecule has 1 N–H and O–H groups in total. The van der Waals surface area contributed by atoms with E-state index in [1.165, 1.54) is 10.4 Å². The minimum absolute atomic E-state index is 0.464. The lowest BCUT2D eigenvalue weighted by Crippen LogP contribution is -2.36. The van der Waals surface area contributed by atoms with E-state index in [0.29, 0.717) is 5.92 Å². The maximum absolute atomic E-state index is 5.76. The fraction of sp³-hybridized carbons (Fsp3) is 0.450. The van der Waals surface area contributed by atoms with Gasteiger partial charge in [-0.15, -0.1) is 11.3 Å². The van der Waals surface area contributed by atoms with Gasteiger partial charge in [0.15, 0.2) is 5.11 Å². The zero-order valence-corrected chi connectivity index (χ0v) is 17.3. The number of thiocarbonyl (C=S) groups is 1. The molecule has 2 aromatic rings.